The highest BCUT2D eigenvalue weighted by molar-refractivity contribution is 7.80. The predicted molar refractivity (Wildman–Crippen MR) is 78.5 cm³/mol. The van der Waals surface area contributed by atoms with Gasteiger partial charge in [0.15, 0.2) is 0 Å². The van der Waals surface area contributed by atoms with Gasteiger partial charge in [0.05, 0.1) is 0 Å². The highest BCUT2D eigenvalue weighted by atomic mass is 32.1. The van der Waals surface area contributed by atoms with Gasteiger partial charge in [-0.25, -0.2) is 0 Å². The van der Waals surface area contributed by atoms with Gasteiger partial charge in [-0.05, 0) is 17.9 Å². The number of aromatic nitrogens is 1. The monoisotopic (exact) mass is 277 g/mol. The summed E-state index contributed by atoms with van der Waals surface area (Å²) in [6.45, 7) is 5.67. The third-order valence-corrected chi connectivity index (χ3v) is 3.87. The molecule has 2 N–H and O–H groups in total. The van der Waals surface area contributed by atoms with E-state index in [-0.39, 0.29) is 10.9 Å². The van der Waals surface area contributed by atoms with Gasteiger partial charge < -0.3 is 10.6 Å². The Morgan fingerprint density at radius 2 is 2.37 bits per heavy atom. The number of hydrogen-bond donors (Lipinski definition) is 1. The van der Waals surface area contributed by atoms with E-state index in [0.717, 1.165) is 12.1 Å². The quantitative estimate of drug-likeness (QED) is 0.851. The maximum atomic E-state index is 12.0. The van der Waals surface area contributed by atoms with Crippen LogP contribution in [0.15, 0.2) is 18.3 Å². The predicted octanol–water partition coefficient (Wildman–Crippen LogP) is 1.72. The van der Waals surface area contributed by atoms with E-state index in [1.807, 2.05) is 17.0 Å². The second-order valence-electron chi connectivity index (χ2n) is 5.36. The molecule has 0 bridgehead atoms. The molecule has 5 heteroatoms. The number of carbonyl (C=O) groups is 1. The van der Waals surface area contributed by atoms with Crippen molar-refractivity contribution in [3.8, 4) is 0 Å². The first-order chi connectivity index (χ1) is 8.99. The second kappa shape index (κ2) is 5.65. The Kier molecular flexibility index (Phi) is 4.14. The molecular formula is C14H19N3OS. The number of carbonyl (C=O) groups excluding carboxylic acids is 1. The molecule has 1 fully saturated rings. The minimum Gasteiger partial charge on any atom is -0.388 e. The van der Waals surface area contributed by atoms with Gasteiger partial charge in [0, 0.05) is 31.3 Å². The number of likely N-dealkylation sites (tertiary alicyclic amines) is 1. The number of thiocarbonyl (C=S) groups is 1. The van der Waals surface area contributed by atoms with Crippen LogP contribution in [0.1, 0.15) is 31.5 Å². The largest absolute Gasteiger partial charge is 0.388 e. The van der Waals surface area contributed by atoms with Gasteiger partial charge >= 0.3 is 0 Å². The molecule has 4 nitrogen and oxygen atoms in total. The van der Waals surface area contributed by atoms with Crippen LogP contribution >= 0.6 is 12.2 Å². The third-order valence-electron chi connectivity index (χ3n) is 3.67. The molecule has 102 valence electrons. The summed E-state index contributed by atoms with van der Waals surface area (Å²) >= 11 is 5.00. The van der Waals surface area contributed by atoms with Gasteiger partial charge in [-0.2, -0.15) is 0 Å². The molecule has 2 heterocycles. The van der Waals surface area contributed by atoms with Crippen LogP contribution in [0, 0.1) is 11.8 Å². The molecule has 1 atom stereocenters. The molecule has 0 saturated carbocycles. The van der Waals surface area contributed by atoms with Crippen molar-refractivity contribution in [2.45, 2.75) is 26.8 Å². The summed E-state index contributed by atoms with van der Waals surface area (Å²) in [6, 6.07) is 3.77. The minimum atomic E-state index is 0.205. The summed E-state index contributed by atoms with van der Waals surface area (Å²) in [4.78, 5) is 18.4. The van der Waals surface area contributed by atoms with Crippen LogP contribution in [0.4, 0.5) is 0 Å². The van der Waals surface area contributed by atoms with E-state index in [1.54, 1.807) is 6.20 Å². The van der Waals surface area contributed by atoms with E-state index >= 15 is 0 Å². The smallest absolute Gasteiger partial charge is 0.223 e. The molecule has 0 aromatic carbocycles. The van der Waals surface area contributed by atoms with Crippen LogP contribution in [0.25, 0.3) is 0 Å². The van der Waals surface area contributed by atoms with Crippen LogP contribution in [0.2, 0.25) is 0 Å². The van der Waals surface area contributed by atoms with Gasteiger partial charge in [-0.3, -0.25) is 9.78 Å². The number of pyridine rings is 1. The third kappa shape index (κ3) is 3.10. The zero-order valence-electron chi connectivity index (χ0n) is 11.3. The Morgan fingerprint density at radius 3 is 2.95 bits per heavy atom. The Labute approximate surface area is 119 Å². The van der Waals surface area contributed by atoms with Gasteiger partial charge in [0.2, 0.25) is 5.91 Å². The standard InChI is InChI=1S/C14H19N3OS/c1-9(2)11-6-12(18)17(8-11)7-10-4-3-5-16-13(10)14(15)19/h3-5,9,11H,6-8H2,1-2H3,(H2,15,19). The van der Waals surface area contributed by atoms with Crippen molar-refractivity contribution in [1.82, 2.24) is 9.88 Å². The first kappa shape index (κ1) is 13.9. The van der Waals surface area contributed by atoms with Crippen LogP contribution in [-0.2, 0) is 11.3 Å². The van der Waals surface area contributed by atoms with Crippen molar-refractivity contribution in [2.24, 2.45) is 17.6 Å². The molecule has 2 rings (SSSR count). The van der Waals surface area contributed by atoms with E-state index in [9.17, 15) is 4.79 Å². The molecule has 1 saturated heterocycles. The summed E-state index contributed by atoms with van der Waals surface area (Å²) in [5.74, 6) is 1.17. The van der Waals surface area contributed by atoms with E-state index in [0.29, 0.717) is 30.5 Å². The molecule has 1 aliphatic heterocycles. The number of amides is 1. The Balaban J connectivity index is 2.14. The fourth-order valence-electron chi connectivity index (χ4n) is 2.40. The van der Waals surface area contributed by atoms with Gasteiger partial charge in [-0.15, -0.1) is 0 Å². The maximum absolute atomic E-state index is 12.0. The molecule has 0 spiro atoms. The SMILES string of the molecule is CC(C)C1CC(=O)N(Cc2cccnc2C(N)=S)C1. The average Bonchev–Trinajstić information content (AvgIpc) is 2.72. The number of nitrogens with two attached hydrogens (primary N) is 1. The first-order valence-electron chi connectivity index (χ1n) is 6.50. The molecule has 0 aliphatic carbocycles. The zero-order chi connectivity index (χ0) is 14.0. The first-order valence-corrected chi connectivity index (χ1v) is 6.91. The molecule has 1 unspecified atom stereocenters. The summed E-state index contributed by atoms with van der Waals surface area (Å²) in [6.07, 6.45) is 2.31. The fourth-order valence-corrected chi connectivity index (χ4v) is 2.58. The summed E-state index contributed by atoms with van der Waals surface area (Å²) in [7, 11) is 0. The van der Waals surface area contributed by atoms with Crippen molar-refractivity contribution < 1.29 is 4.79 Å². The van der Waals surface area contributed by atoms with Crippen molar-refractivity contribution in [3.05, 3.63) is 29.6 Å². The van der Waals surface area contributed by atoms with E-state index < -0.39 is 0 Å². The van der Waals surface area contributed by atoms with Crippen molar-refractivity contribution in [1.29, 1.82) is 0 Å². The van der Waals surface area contributed by atoms with Crippen molar-refractivity contribution in [3.63, 3.8) is 0 Å². The molecular weight excluding hydrogens is 258 g/mol. The Morgan fingerprint density at radius 1 is 1.63 bits per heavy atom. The fraction of sp³-hybridized carbons (Fsp3) is 0.500. The Hall–Kier alpha value is -1.49. The van der Waals surface area contributed by atoms with Gasteiger partial charge in [0.25, 0.3) is 0 Å². The number of rotatable bonds is 4. The lowest BCUT2D eigenvalue weighted by molar-refractivity contribution is -0.128. The van der Waals surface area contributed by atoms with Crippen molar-refractivity contribution in [2.75, 3.05) is 6.54 Å². The van der Waals surface area contributed by atoms with E-state index in [4.69, 9.17) is 18.0 Å². The molecule has 1 aromatic heterocycles. The molecule has 1 aromatic rings. The van der Waals surface area contributed by atoms with Gasteiger partial charge in [0.1, 0.15) is 10.7 Å². The van der Waals surface area contributed by atoms with Crippen LogP contribution in [-0.4, -0.2) is 27.3 Å². The van der Waals surface area contributed by atoms with Gasteiger partial charge in [-0.1, -0.05) is 32.1 Å². The van der Waals surface area contributed by atoms with Crippen molar-refractivity contribution >= 4 is 23.1 Å². The lowest BCUT2D eigenvalue weighted by atomic mass is 9.95. The lowest BCUT2D eigenvalue weighted by Gasteiger charge is -2.19. The van der Waals surface area contributed by atoms with Crippen LogP contribution in [0.5, 0.6) is 0 Å². The maximum Gasteiger partial charge on any atom is 0.223 e. The molecule has 19 heavy (non-hydrogen) atoms. The van der Waals surface area contributed by atoms with Crippen LogP contribution < -0.4 is 5.73 Å². The zero-order valence-corrected chi connectivity index (χ0v) is 12.1. The summed E-state index contributed by atoms with van der Waals surface area (Å²) in [5.41, 5.74) is 7.21. The molecule has 0 radical (unpaired) electrons. The summed E-state index contributed by atoms with van der Waals surface area (Å²) in [5, 5.41) is 0. The topological polar surface area (TPSA) is 59.2 Å². The minimum absolute atomic E-state index is 0.205. The van der Waals surface area contributed by atoms with Crippen LogP contribution in [0.3, 0.4) is 0 Å². The van der Waals surface area contributed by atoms with E-state index in [2.05, 4.69) is 18.8 Å². The summed E-state index contributed by atoms with van der Waals surface area (Å²) < 4.78 is 0. The average molecular weight is 277 g/mol. The highest BCUT2D eigenvalue weighted by Gasteiger charge is 2.31. The number of nitrogens with zero attached hydrogens (tertiary/aromatic N) is 2. The normalized spacial score (nSPS) is 19.2. The second-order valence-corrected chi connectivity index (χ2v) is 5.80. The Bertz CT molecular complexity index is 501. The molecule has 1 aliphatic rings. The van der Waals surface area contributed by atoms with E-state index in [1.165, 1.54) is 0 Å². The number of hydrogen-bond acceptors (Lipinski definition) is 3. The molecule has 1 amide bonds. The highest BCUT2D eigenvalue weighted by Crippen LogP contribution is 2.26. The lowest BCUT2D eigenvalue weighted by Crippen LogP contribution is -2.27.